The molecule has 0 aliphatic heterocycles. The van der Waals surface area contributed by atoms with Gasteiger partial charge in [-0.3, -0.25) is 13.8 Å². The highest BCUT2D eigenvalue weighted by molar-refractivity contribution is 7.47. The van der Waals surface area contributed by atoms with Gasteiger partial charge >= 0.3 is 7.82 Å². The Bertz CT molecular complexity index is 1460. The largest absolute Gasteiger partial charge is 0.472 e. The third-order valence-electron chi connectivity index (χ3n) is 12.3. The average Bonchev–Trinajstić information content (AvgIpc) is 3.32. The van der Waals surface area contributed by atoms with E-state index in [2.05, 4.69) is 104 Å². The number of hydrogen-bond donors (Lipinski definition) is 3. The molecule has 1 amide bonds. The van der Waals surface area contributed by atoms with Crippen LogP contribution in [0.15, 0.2) is 97.2 Å². The zero-order valence-electron chi connectivity index (χ0n) is 46.0. The Balaban J connectivity index is 4.12. The van der Waals surface area contributed by atoms with Crippen molar-refractivity contribution in [2.75, 3.05) is 40.9 Å². The summed E-state index contributed by atoms with van der Waals surface area (Å²) < 4.78 is 23.6. The first-order chi connectivity index (χ1) is 34.0. The van der Waals surface area contributed by atoms with Gasteiger partial charge in [0.1, 0.15) is 13.2 Å². The average molecular weight is 999 g/mol. The van der Waals surface area contributed by atoms with Gasteiger partial charge in [-0.25, -0.2) is 4.57 Å². The van der Waals surface area contributed by atoms with Crippen LogP contribution in [-0.2, 0) is 18.4 Å². The van der Waals surface area contributed by atoms with E-state index in [1.165, 1.54) is 135 Å². The van der Waals surface area contributed by atoms with Crippen molar-refractivity contribution in [2.24, 2.45) is 0 Å². The molecule has 404 valence electrons. The second-order valence-electron chi connectivity index (χ2n) is 20.3. The number of quaternary nitrogens is 1. The lowest BCUT2D eigenvalue weighted by Gasteiger charge is -2.25. The Morgan fingerprint density at radius 3 is 1.31 bits per heavy atom. The van der Waals surface area contributed by atoms with Crippen LogP contribution in [0.25, 0.3) is 0 Å². The van der Waals surface area contributed by atoms with E-state index in [-0.39, 0.29) is 19.1 Å². The molecule has 0 saturated carbocycles. The van der Waals surface area contributed by atoms with Crippen molar-refractivity contribution in [1.29, 1.82) is 0 Å². The van der Waals surface area contributed by atoms with E-state index < -0.39 is 20.0 Å². The van der Waals surface area contributed by atoms with Gasteiger partial charge in [-0.1, -0.05) is 233 Å². The van der Waals surface area contributed by atoms with E-state index >= 15 is 0 Å². The van der Waals surface area contributed by atoms with Crippen molar-refractivity contribution in [3.8, 4) is 0 Å². The number of aliphatic hydroxyl groups is 1. The summed E-state index contributed by atoms with van der Waals surface area (Å²) in [6.07, 6.45) is 73.7. The first-order valence-corrected chi connectivity index (χ1v) is 30.1. The van der Waals surface area contributed by atoms with E-state index in [1.807, 2.05) is 27.2 Å². The summed E-state index contributed by atoms with van der Waals surface area (Å²) in [6.45, 7) is 4.65. The van der Waals surface area contributed by atoms with E-state index in [0.29, 0.717) is 17.4 Å². The Labute approximate surface area is 432 Å². The highest BCUT2D eigenvalue weighted by atomic mass is 31.2. The lowest BCUT2D eigenvalue weighted by Crippen LogP contribution is -2.45. The molecular weight excluding hydrogens is 888 g/mol. The number of phosphoric acid groups is 1. The van der Waals surface area contributed by atoms with Crippen LogP contribution >= 0.6 is 7.82 Å². The van der Waals surface area contributed by atoms with Gasteiger partial charge in [-0.15, -0.1) is 0 Å². The Morgan fingerprint density at radius 2 is 0.871 bits per heavy atom. The van der Waals surface area contributed by atoms with E-state index in [0.717, 1.165) is 77.0 Å². The molecule has 0 aromatic rings. The van der Waals surface area contributed by atoms with Gasteiger partial charge in [0.25, 0.3) is 0 Å². The second-order valence-corrected chi connectivity index (χ2v) is 21.7. The molecule has 8 nitrogen and oxygen atoms in total. The molecular formula is C61H110N2O6P+. The summed E-state index contributed by atoms with van der Waals surface area (Å²) in [5, 5.41) is 13.9. The number of likely N-dealkylation sites (N-methyl/N-ethyl adjacent to an activating group) is 1. The zero-order chi connectivity index (χ0) is 51.3. The first kappa shape index (κ1) is 67.4. The monoisotopic (exact) mass is 998 g/mol. The molecule has 0 aromatic carbocycles. The highest BCUT2D eigenvalue weighted by Gasteiger charge is 2.27. The topological polar surface area (TPSA) is 105 Å². The molecule has 0 heterocycles. The second kappa shape index (κ2) is 51.3. The van der Waals surface area contributed by atoms with Gasteiger partial charge in [-0.05, 0) is 89.9 Å². The molecule has 0 aliphatic carbocycles. The molecule has 0 spiro atoms. The van der Waals surface area contributed by atoms with Gasteiger partial charge in [-0.2, -0.15) is 0 Å². The number of hydrogen-bond acceptors (Lipinski definition) is 5. The van der Waals surface area contributed by atoms with E-state index in [4.69, 9.17) is 9.05 Å². The maximum Gasteiger partial charge on any atom is 0.472 e. The quantitative estimate of drug-likeness (QED) is 0.0243. The van der Waals surface area contributed by atoms with E-state index in [9.17, 15) is 19.4 Å². The van der Waals surface area contributed by atoms with Gasteiger partial charge in [0.15, 0.2) is 0 Å². The molecule has 0 bridgehead atoms. The number of rotatable bonds is 51. The summed E-state index contributed by atoms with van der Waals surface area (Å²) >= 11 is 0. The minimum Gasteiger partial charge on any atom is -0.387 e. The van der Waals surface area contributed by atoms with Gasteiger partial charge in [0.05, 0.1) is 39.9 Å². The third-order valence-corrected chi connectivity index (χ3v) is 13.2. The molecule has 0 saturated heterocycles. The highest BCUT2D eigenvalue weighted by Crippen LogP contribution is 2.43. The number of unbranched alkanes of at least 4 members (excludes halogenated alkanes) is 24. The van der Waals surface area contributed by atoms with Crippen LogP contribution in [0.5, 0.6) is 0 Å². The minimum atomic E-state index is -4.36. The SMILES string of the molecule is CC/C=C\C/C=C\C/C=C\C/C=C\C/C=C\CCCCCCCCCCCCCCCCCCCC(=O)NC(COP(=O)(O)OCC[N+](C)(C)C)C(O)/C=C/CC/C=C/CC/C=C/CCCCCCC. The number of nitrogens with one attached hydrogen (secondary N) is 1. The summed E-state index contributed by atoms with van der Waals surface area (Å²) in [4.78, 5) is 23.3. The standard InChI is InChI=1S/C61H109N2O6P/c1-6-8-10-12-14-16-18-20-22-23-24-25-26-27-28-29-30-31-32-33-34-35-36-37-38-39-41-43-45-47-49-51-53-55-61(65)62-59(58-69-70(66,67)68-57-56-63(3,4)5)60(64)54-52-50-48-46-44-42-40-21-19-17-15-13-11-9-7-2/h8,10,14,16,19-22,24-25,27-28,44,46,52,54,59-60,64H,6-7,9,11-13,15,17-18,23,26,29-43,45,47-51,53,55-58H2,1-5H3,(H-,62,65,66,67)/p+1/b10-8-,16-14-,21-19+,22-20-,25-24-,28-27-,46-44+,54-52+. The predicted molar refractivity (Wildman–Crippen MR) is 304 cm³/mol. The van der Waals surface area contributed by atoms with Gasteiger partial charge in [0, 0.05) is 6.42 Å². The maximum atomic E-state index is 13.0. The smallest absolute Gasteiger partial charge is 0.387 e. The first-order valence-electron chi connectivity index (χ1n) is 28.6. The lowest BCUT2D eigenvalue weighted by atomic mass is 10.0. The molecule has 3 N–H and O–H groups in total. The minimum absolute atomic E-state index is 0.0506. The molecule has 0 radical (unpaired) electrons. The molecule has 0 fully saturated rings. The van der Waals surface area contributed by atoms with Crippen LogP contribution in [0.3, 0.4) is 0 Å². The lowest BCUT2D eigenvalue weighted by molar-refractivity contribution is -0.870. The third kappa shape index (κ3) is 53.2. The maximum absolute atomic E-state index is 13.0. The van der Waals surface area contributed by atoms with Crippen molar-refractivity contribution in [3.63, 3.8) is 0 Å². The fourth-order valence-corrected chi connectivity index (χ4v) is 8.54. The fraction of sp³-hybridized carbons (Fsp3) is 0.721. The number of nitrogens with zero attached hydrogens (tertiary/aromatic N) is 1. The fourth-order valence-electron chi connectivity index (χ4n) is 7.81. The molecule has 0 aliphatic rings. The number of carbonyl (C=O) groups is 1. The summed E-state index contributed by atoms with van der Waals surface area (Å²) in [5.74, 6) is -0.193. The van der Waals surface area contributed by atoms with Gasteiger partial charge < -0.3 is 19.8 Å². The summed E-state index contributed by atoms with van der Waals surface area (Å²) in [7, 11) is 1.54. The van der Waals surface area contributed by atoms with Crippen molar-refractivity contribution < 1.29 is 32.9 Å². The molecule has 9 heteroatoms. The Kier molecular flexibility index (Phi) is 49.4. The van der Waals surface area contributed by atoms with Crippen LogP contribution in [0.4, 0.5) is 0 Å². The zero-order valence-corrected chi connectivity index (χ0v) is 46.9. The number of amides is 1. The summed E-state index contributed by atoms with van der Waals surface area (Å²) in [5.41, 5.74) is 0. The predicted octanol–water partition coefficient (Wildman–Crippen LogP) is 17.4. The number of aliphatic hydroxyl groups excluding tert-OH is 1. The molecule has 3 atom stereocenters. The molecule has 0 aromatic heterocycles. The van der Waals surface area contributed by atoms with Crippen molar-refractivity contribution in [3.05, 3.63) is 97.2 Å². The van der Waals surface area contributed by atoms with Crippen molar-refractivity contribution in [1.82, 2.24) is 5.32 Å². The molecule has 3 unspecified atom stereocenters. The van der Waals surface area contributed by atoms with Crippen LogP contribution in [0.2, 0.25) is 0 Å². The Morgan fingerprint density at radius 1 is 0.500 bits per heavy atom. The number of phosphoric ester groups is 1. The van der Waals surface area contributed by atoms with Crippen molar-refractivity contribution >= 4 is 13.7 Å². The summed E-state index contributed by atoms with van der Waals surface area (Å²) in [6, 6.07) is -0.873. The van der Waals surface area contributed by atoms with Crippen LogP contribution in [0.1, 0.15) is 232 Å². The number of allylic oxidation sites excluding steroid dienone is 15. The van der Waals surface area contributed by atoms with E-state index in [1.54, 1.807) is 6.08 Å². The van der Waals surface area contributed by atoms with Gasteiger partial charge in [0.2, 0.25) is 5.91 Å². The van der Waals surface area contributed by atoms with Crippen LogP contribution in [0, 0.1) is 0 Å². The normalized spacial score (nSPS) is 14.7. The van der Waals surface area contributed by atoms with Crippen LogP contribution < -0.4 is 5.32 Å². The molecule has 70 heavy (non-hydrogen) atoms. The van der Waals surface area contributed by atoms with Crippen LogP contribution in [-0.4, -0.2) is 73.4 Å². The number of carbonyl (C=O) groups excluding carboxylic acids is 1. The van der Waals surface area contributed by atoms with Crippen molar-refractivity contribution in [2.45, 2.75) is 244 Å². The molecule has 0 rings (SSSR count). The Hall–Kier alpha value is -2.58.